The van der Waals surface area contributed by atoms with Crippen LogP contribution in [-0.4, -0.2) is 66.4 Å². The standard InChI is InChI=1S/C17H12Cl2N6O3.Na.H/c1-28-7-11-23-24-15(8-3-2-4-20-6-8)25(11)14-12(19)9(18)5-10-13(14)22-17(27)16(26)21-10;;/h2-6H,7H2,1H3,(H,21,26)(H,22,27);;. The van der Waals surface area contributed by atoms with Gasteiger partial charge in [0.2, 0.25) is 0 Å². The molecule has 2 N–H and O–H groups in total. The fourth-order valence-corrected chi connectivity index (χ4v) is 3.29. The summed E-state index contributed by atoms with van der Waals surface area (Å²) < 4.78 is 6.84. The second-order valence-electron chi connectivity index (χ2n) is 5.80. The molecule has 0 spiro atoms. The number of hydrogen-bond acceptors (Lipinski definition) is 6. The Bertz CT molecular complexity index is 1300. The number of H-pyrrole nitrogens is 2. The molecule has 0 unspecified atom stereocenters. The van der Waals surface area contributed by atoms with Gasteiger partial charge in [-0.05, 0) is 18.2 Å². The van der Waals surface area contributed by atoms with Crippen molar-refractivity contribution in [3.05, 3.63) is 67.2 Å². The zero-order valence-electron chi connectivity index (χ0n) is 14.4. The van der Waals surface area contributed by atoms with Crippen LogP contribution in [0.5, 0.6) is 0 Å². The minimum absolute atomic E-state index is 0. The third-order valence-corrected chi connectivity index (χ3v) is 4.81. The third kappa shape index (κ3) is 3.89. The van der Waals surface area contributed by atoms with Crippen LogP contribution in [0.15, 0.2) is 40.2 Å². The van der Waals surface area contributed by atoms with Crippen LogP contribution in [0.2, 0.25) is 10.0 Å². The molecule has 0 bridgehead atoms. The van der Waals surface area contributed by atoms with Crippen LogP contribution in [0.25, 0.3) is 28.1 Å². The molecule has 0 aliphatic heterocycles. The molecule has 0 fully saturated rings. The SMILES string of the molecule is COCc1nnc(-c2cccnc2)n1-c1c(Cl)c(Cl)cc2[nH]c(=O)c(=O)[nH]c12.[NaH]. The monoisotopic (exact) mass is 442 g/mol. The van der Waals surface area contributed by atoms with E-state index in [4.69, 9.17) is 27.9 Å². The van der Waals surface area contributed by atoms with Crippen molar-refractivity contribution in [2.45, 2.75) is 6.61 Å². The predicted molar refractivity (Wildman–Crippen MR) is 111 cm³/mol. The molecule has 12 heteroatoms. The van der Waals surface area contributed by atoms with Crippen LogP contribution >= 0.6 is 23.2 Å². The number of pyridine rings is 1. The van der Waals surface area contributed by atoms with Gasteiger partial charge in [0.05, 0.1) is 26.8 Å². The van der Waals surface area contributed by atoms with Crippen LogP contribution in [0, 0.1) is 0 Å². The van der Waals surface area contributed by atoms with Gasteiger partial charge in [-0.15, -0.1) is 10.2 Å². The normalized spacial score (nSPS) is 10.9. The molecular formula is C17H13Cl2N6NaO3. The van der Waals surface area contributed by atoms with Gasteiger partial charge in [-0.2, -0.15) is 0 Å². The Morgan fingerprint density at radius 2 is 1.93 bits per heavy atom. The Morgan fingerprint density at radius 1 is 1.17 bits per heavy atom. The first-order valence-electron chi connectivity index (χ1n) is 7.99. The van der Waals surface area contributed by atoms with E-state index in [0.717, 1.165) is 0 Å². The molecule has 0 aliphatic carbocycles. The van der Waals surface area contributed by atoms with E-state index in [0.29, 0.717) is 28.4 Å². The summed E-state index contributed by atoms with van der Waals surface area (Å²) in [6, 6.07) is 5.01. The molecule has 0 aliphatic rings. The van der Waals surface area contributed by atoms with E-state index in [1.54, 1.807) is 29.1 Å². The number of ether oxygens (including phenoxy) is 1. The van der Waals surface area contributed by atoms with Crippen molar-refractivity contribution >= 4 is 63.8 Å². The Labute approximate surface area is 195 Å². The second kappa shape index (κ2) is 8.78. The summed E-state index contributed by atoms with van der Waals surface area (Å²) in [7, 11) is 1.51. The number of aromatic nitrogens is 6. The molecule has 4 aromatic rings. The number of nitrogens with zero attached hydrogens (tertiary/aromatic N) is 4. The van der Waals surface area contributed by atoms with Crippen molar-refractivity contribution in [1.82, 2.24) is 29.7 Å². The fourth-order valence-electron chi connectivity index (χ4n) is 2.85. The average Bonchev–Trinajstić information content (AvgIpc) is 3.09. The van der Waals surface area contributed by atoms with E-state index < -0.39 is 11.1 Å². The van der Waals surface area contributed by atoms with Crippen molar-refractivity contribution in [3.63, 3.8) is 0 Å². The van der Waals surface area contributed by atoms with Gasteiger partial charge in [0, 0.05) is 25.1 Å². The summed E-state index contributed by atoms with van der Waals surface area (Å²) in [5, 5.41) is 8.73. The van der Waals surface area contributed by atoms with Crippen molar-refractivity contribution in [1.29, 1.82) is 0 Å². The number of methoxy groups -OCH3 is 1. The van der Waals surface area contributed by atoms with Gasteiger partial charge in [-0.3, -0.25) is 19.1 Å². The number of fused-ring (bicyclic) bond motifs is 1. The van der Waals surface area contributed by atoms with Gasteiger partial charge in [-0.1, -0.05) is 23.2 Å². The number of benzene rings is 1. The quantitative estimate of drug-likeness (QED) is 0.366. The zero-order valence-corrected chi connectivity index (χ0v) is 15.9. The van der Waals surface area contributed by atoms with E-state index in [2.05, 4.69) is 25.1 Å². The molecule has 144 valence electrons. The molecule has 4 rings (SSSR count). The maximum absolute atomic E-state index is 12.0. The first kappa shape index (κ1) is 21.7. The summed E-state index contributed by atoms with van der Waals surface area (Å²) in [5.74, 6) is 0.830. The van der Waals surface area contributed by atoms with E-state index >= 15 is 0 Å². The molecule has 9 nitrogen and oxygen atoms in total. The molecule has 0 radical (unpaired) electrons. The fraction of sp³-hybridized carbons (Fsp3) is 0.118. The van der Waals surface area contributed by atoms with Crippen molar-refractivity contribution < 1.29 is 4.74 Å². The number of halogens is 2. The van der Waals surface area contributed by atoms with Crippen molar-refractivity contribution in [2.75, 3.05) is 7.11 Å². The molecule has 0 saturated heterocycles. The van der Waals surface area contributed by atoms with Gasteiger partial charge in [0.15, 0.2) is 11.6 Å². The van der Waals surface area contributed by atoms with Crippen LogP contribution in [-0.2, 0) is 11.3 Å². The van der Waals surface area contributed by atoms with E-state index in [1.807, 2.05) is 0 Å². The molecule has 0 atom stereocenters. The Morgan fingerprint density at radius 3 is 2.62 bits per heavy atom. The van der Waals surface area contributed by atoms with E-state index in [1.165, 1.54) is 13.2 Å². The third-order valence-electron chi connectivity index (χ3n) is 4.03. The average molecular weight is 443 g/mol. The summed E-state index contributed by atoms with van der Waals surface area (Å²) in [4.78, 5) is 32.9. The molecule has 3 aromatic heterocycles. The van der Waals surface area contributed by atoms with Gasteiger partial charge in [-0.25, -0.2) is 0 Å². The predicted octanol–water partition coefficient (Wildman–Crippen LogP) is 1.66. The Hall–Kier alpha value is -2.01. The van der Waals surface area contributed by atoms with Crippen LogP contribution in [0.4, 0.5) is 0 Å². The molecule has 0 saturated carbocycles. The Kier molecular flexibility index (Phi) is 6.57. The number of nitrogens with one attached hydrogen (secondary N) is 2. The van der Waals surface area contributed by atoms with Crippen molar-refractivity contribution in [2.24, 2.45) is 0 Å². The summed E-state index contributed by atoms with van der Waals surface area (Å²) in [6.45, 7) is 0.116. The minimum atomic E-state index is -0.823. The molecule has 0 amide bonds. The maximum atomic E-state index is 12.0. The van der Waals surface area contributed by atoms with Crippen LogP contribution in [0.3, 0.4) is 0 Å². The molecule has 29 heavy (non-hydrogen) atoms. The first-order valence-corrected chi connectivity index (χ1v) is 8.75. The van der Waals surface area contributed by atoms with Crippen molar-refractivity contribution in [3.8, 4) is 17.1 Å². The summed E-state index contributed by atoms with van der Waals surface area (Å²) in [5.41, 5.74) is -0.0622. The molecule has 3 heterocycles. The van der Waals surface area contributed by atoms with Crippen LogP contribution < -0.4 is 11.1 Å². The zero-order chi connectivity index (χ0) is 19.8. The molecular weight excluding hydrogens is 430 g/mol. The Balaban J connectivity index is 0.00000240. The van der Waals surface area contributed by atoms with Gasteiger partial charge >= 0.3 is 40.7 Å². The number of aromatic amines is 2. The number of rotatable bonds is 4. The van der Waals surface area contributed by atoms with Crippen LogP contribution in [0.1, 0.15) is 5.82 Å². The number of hydrogen-bond donors (Lipinski definition) is 2. The van der Waals surface area contributed by atoms with Gasteiger partial charge in [0.25, 0.3) is 0 Å². The topological polar surface area (TPSA) is 119 Å². The van der Waals surface area contributed by atoms with E-state index in [9.17, 15) is 9.59 Å². The van der Waals surface area contributed by atoms with Gasteiger partial charge < -0.3 is 14.7 Å². The summed E-state index contributed by atoms with van der Waals surface area (Å²) in [6.07, 6.45) is 3.24. The second-order valence-corrected chi connectivity index (χ2v) is 6.59. The molecule has 1 aromatic carbocycles. The van der Waals surface area contributed by atoms with E-state index in [-0.39, 0.29) is 51.7 Å². The first-order chi connectivity index (χ1) is 13.5. The summed E-state index contributed by atoms with van der Waals surface area (Å²) >= 11 is 12.8. The van der Waals surface area contributed by atoms with Gasteiger partial charge in [0.1, 0.15) is 6.61 Å².